The molecule has 2 aromatic rings. The zero-order valence-corrected chi connectivity index (χ0v) is 11.8. The number of halogens is 3. The Kier molecular flexibility index (Phi) is 4.34. The molecule has 1 aromatic heterocycles. The summed E-state index contributed by atoms with van der Waals surface area (Å²) in [6.07, 6.45) is -4.49. The molecule has 0 aliphatic heterocycles. The van der Waals surface area contributed by atoms with E-state index < -0.39 is 18.2 Å². The molecule has 2 amide bonds. The van der Waals surface area contributed by atoms with Crippen LogP contribution >= 0.6 is 0 Å². The van der Waals surface area contributed by atoms with Gasteiger partial charge in [0, 0.05) is 11.3 Å². The molecule has 1 atom stereocenters. The topological polar surface area (TPSA) is 82.7 Å². The van der Waals surface area contributed by atoms with Crippen molar-refractivity contribution in [2.75, 3.05) is 5.32 Å². The van der Waals surface area contributed by atoms with Crippen LogP contribution in [0.5, 0.6) is 0 Å². The van der Waals surface area contributed by atoms with Gasteiger partial charge in [-0.05, 0) is 26.0 Å². The lowest BCUT2D eigenvalue weighted by Gasteiger charge is -2.17. The second-order valence-corrected chi connectivity index (χ2v) is 4.69. The highest BCUT2D eigenvalue weighted by molar-refractivity contribution is 5.90. The Bertz CT molecular complexity index is 668. The molecule has 118 valence electrons. The number of amides is 2. The second kappa shape index (κ2) is 6.04. The molecule has 0 fully saturated rings. The smallest absolute Gasteiger partial charge is 0.326 e. The van der Waals surface area contributed by atoms with Crippen molar-refractivity contribution < 1.29 is 18.0 Å². The molecule has 1 heterocycles. The number of aryl methyl sites for hydroxylation is 1. The first-order valence-corrected chi connectivity index (χ1v) is 6.39. The maximum atomic E-state index is 12.4. The number of anilines is 1. The van der Waals surface area contributed by atoms with Crippen LogP contribution in [-0.4, -0.2) is 33.4 Å². The van der Waals surface area contributed by atoms with Crippen LogP contribution in [0.4, 0.5) is 23.7 Å². The van der Waals surface area contributed by atoms with Crippen molar-refractivity contribution in [2.24, 2.45) is 0 Å². The van der Waals surface area contributed by atoms with E-state index in [0.717, 1.165) is 6.92 Å². The standard InChI is InChI=1S/C13H14F3N5O/c1-7(13(14,15)16)17-12(22)19-10-5-3-4-9(6-10)11-18-8(2)20-21-11/h3-7H,1-2H3,(H2,17,19,22)(H,18,20,21)/t7-/m1/s1. The monoisotopic (exact) mass is 313 g/mol. The lowest BCUT2D eigenvalue weighted by molar-refractivity contribution is -0.148. The van der Waals surface area contributed by atoms with Gasteiger partial charge in [0.25, 0.3) is 0 Å². The predicted octanol–water partition coefficient (Wildman–Crippen LogP) is 2.85. The lowest BCUT2D eigenvalue weighted by Crippen LogP contribution is -2.44. The van der Waals surface area contributed by atoms with Crippen LogP contribution in [0.1, 0.15) is 12.7 Å². The summed E-state index contributed by atoms with van der Waals surface area (Å²) in [5, 5.41) is 10.8. The molecule has 0 unspecified atom stereocenters. The molecular weight excluding hydrogens is 299 g/mol. The van der Waals surface area contributed by atoms with Crippen molar-refractivity contribution in [3.8, 4) is 11.4 Å². The fourth-order valence-electron chi connectivity index (χ4n) is 1.65. The highest BCUT2D eigenvalue weighted by Gasteiger charge is 2.36. The van der Waals surface area contributed by atoms with E-state index in [2.05, 4.69) is 20.5 Å². The summed E-state index contributed by atoms with van der Waals surface area (Å²) in [5.41, 5.74) is 0.970. The Hall–Kier alpha value is -2.58. The molecule has 9 heteroatoms. The van der Waals surface area contributed by atoms with Gasteiger partial charge in [0.05, 0.1) is 0 Å². The first-order chi connectivity index (χ1) is 10.3. The minimum atomic E-state index is -4.49. The zero-order valence-electron chi connectivity index (χ0n) is 11.8. The van der Waals surface area contributed by atoms with E-state index in [4.69, 9.17) is 0 Å². The third-order valence-corrected chi connectivity index (χ3v) is 2.81. The normalized spacial score (nSPS) is 12.8. The molecule has 0 bridgehead atoms. The summed E-state index contributed by atoms with van der Waals surface area (Å²) < 4.78 is 37.1. The van der Waals surface area contributed by atoms with Gasteiger partial charge in [-0.2, -0.15) is 18.3 Å². The first kappa shape index (κ1) is 15.8. The quantitative estimate of drug-likeness (QED) is 0.815. The molecule has 0 radical (unpaired) electrons. The summed E-state index contributed by atoms with van der Waals surface area (Å²) in [6.45, 7) is 2.61. The number of aromatic nitrogens is 3. The van der Waals surface area contributed by atoms with E-state index in [9.17, 15) is 18.0 Å². The molecule has 0 saturated carbocycles. The van der Waals surface area contributed by atoms with Gasteiger partial charge < -0.3 is 10.6 Å². The highest BCUT2D eigenvalue weighted by atomic mass is 19.4. The third kappa shape index (κ3) is 3.96. The van der Waals surface area contributed by atoms with E-state index >= 15 is 0 Å². The summed E-state index contributed by atoms with van der Waals surface area (Å²) in [5.74, 6) is 1.07. The van der Waals surface area contributed by atoms with E-state index in [1.165, 1.54) is 0 Å². The maximum Gasteiger partial charge on any atom is 0.408 e. The van der Waals surface area contributed by atoms with Gasteiger partial charge in [0.15, 0.2) is 5.82 Å². The number of nitrogens with one attached hydrogen (secondary N) is 3. The van der Waals surface area contributed by atoms with Crippen LogP contribution in [0.3, 0.4) is 0 Å². The Balaban J connectivity index is 2.06. The van der Waals surface area contributed by atoms with E-state index in [0.29, 0.717) is 22.9 Å². The molecule has 0 aliphatic rings. The van der Waals surface area contributed by atoms with Gasteiger partial charge in [0.1, 0.15) is 11.9 Å². The number of carbonyl (C=O) groups excluding carboxylic acids is 1. The van der Waals surface area contributed by atoms with Crippen molar-refractivity contribution in [3.05, 3.63) is 30.1 Å². The maximum absolute atomic E-state index is 12.4. The Morgan fingerprint density at radius 1 is 1.36 bits per heavy atom. The first-order valence-electron chi connectivity index (χ1n) is 6.39. The fraction of sp³-hybridized carbons (Fsp3) is 0.308. The number of carbonyl (C=O) groups is 1. The van der Waals surface area contributed by atoms with E-state index in [1.807, 2.05) is 5.32 Å². The van der Waals surface area contributed by atoms with Crippen LogP contribution < -0.4 is 10.6 Å². The van der Waals surface area contributed by atoms with Gasteiger partial charge in [-0.25, -0.2) is 9.78 Å². The molecule has 0 aliphatic carbocycles. The number of rotatable bonds is 3. The molecule has 6 nitrogen and oxygen atoms in total. The van der Waals surface area contributed by atoms with Gasteiger partial charge in [0.2, 0.25) is 0 Å². The van der Waals surface area contributed by atoms with Crippen molar-refractivity contribution in [3.63, 3.8) is 0 Å². The Labute approximate surface area is 124 Å². The molecule has 22 heavy (non-hydrogen) atoms. The van der Waals surface area contributed by atoms with E-state index in [-0.39, 0.29) is 0 Å². The largest absolute Gasteiger partial charge is 0.408 e. The number of hydrogen-bond donors (Lipinski definition) is 3. The molecule has 3 N–H and O–H groups in total. The minimum absolute atomic E-state index is 0.340. The van der Waals surface area contributed by atoms with Crippen LogP contribution in [0.15, 0.2) is 24.3 Å². The number of alkyl halides is 3. The average Bonchev–Trinajstić information content (AvgIpc) is 2.84. The molecular formula is C13H14F3N5O. The number of aromatic amines is 1. The van der Waals surface area contributed by atoms with Gasteiger partial charge >= 0.3 is 12.2 Å². The number of H-pyrrole nitrogens is 1. The van der Waals surface area contributed by atoms with Crippen LogP contribution in [0.2, 0.25) is 0 Å². The predicted molar refractivity (Wildman–Crippen MR) is 74.2 cm³/mol. The molecule has 1 aromatic carbocycles. The number of benzene rings is 1. The van der Waals surface area contributed by atoms with Gasteiger partial charge in [-0.3, -0.25) is 5.10 Å². The van der Waals surface area contributed by atoms with Crippen LogP contribution in [0.25, 0.3) is 11.4 Å². The lowest BCUT2D eigenvalue weighted by atomic mass is 10.2. The molecule has 0 saturated heterocycles. The average molecular weight is 313 g/mol. The second-order valence-electron chi connectivity index (χ2n) is 4.69. The Morgan fingerprint density at radius 2 is 2.09 bits per heavy atom. The van der Waals surface area contributed by atoms with E-state index in [1.54, 1.807) is 31.2 Å². The zero-order chi connectivity index (χ0) is 16.3. The van der Waals surface area contributed by atoms with Crippen molar-refractivity contribution in [1.29, 1.82) is 0 Å². The summed E-state index contributed by atoms with van der Waals surface area (Å²) in [4.78, 5) is 15.7. The number of urea groups is 1. The SMILES string of the molecule is Cc1nc(-c2cccc(NC(=O)N[C@H](C)C(F)(F)F)c2)n[nH]1. The molecule has 2 rings (SSSR count). The summed E-state index contributed by atoms with van der Waals surface area (Å²) in [7, 11) is 0. The van der Waals surface area contributed by atoms with Crippen LogP contribution in [0, 0.1) is 6.92 Å². The minimum Gasteiger partial charge on any atom is -0.326 e. The molecule has 0 spiro atoms. The Morgan fingerprint density at radius 3 is 2.68 bits per heavy atom. The van der Waals surface area contributed by atoms with Crippen molar-refractivity contribution >= 4 is 11.7 Å². The third-order valence-electron chi connectivity index (χ3n) is 2.81. The summed E-state index contributed by atoms with van der Waals surface area (Å²) >= 11 is 0. The van der Waals surface area contributed by atoms with Crippen molar-refractivity contribution in [1.82, 2.24) is 20.5 Å². The van der Waals surface area contributed by atoms with Gasteiger partial charge in [-0.1, -0.05) is 12.1 Å². The van der Waals surface area contributed by atoms with Crippen molar-refractivity contribution in [2.45, 2.75) is 26.1 Å². The number of hydrogen-bond acceptors (Lipinski definition) is 3. The highest BCUT2D eigenvalue weighted by Crippen LogP contribution is 2.21. The number of nitrogens with zero attached hydrogens (tertiary/aromatic N) is 2. The van der Waals surface area contributed by atoms with Crippen LogP contribution in [-0.2, 0) is 0 Å². The summed E-state index contributed by atoms with van der Waals surface area (Å²) in [6, 6.07) is 3.62. The fourth-order valence-corrected chi connectivity index (χ4v) is 1.65. The van der Waals surface area contributed by atoms with Gasteiger partial charge in [-0.15, -0.1) is 0 Å².